The van der Waals surface area contributed by atoms with Gasteiger partial charge in [0.15, 0.2) is 5.96 Å². The third-order valence-electron chi connectivity index (χ3n) is 3.87. The molecule has 0 aliphatic rings. The standard InChI is InChI=1S/C20H27N5O.HI/c1-3-21-20(23-15-17-9-5-4-6-10-17)24-16-19(26)25(2)14-12-18-11-7-8-13-22-18;/h4-11,13H,3,12,14-16H2,1-2H3,(H2,21,23,24);1H. The maximum atomic E-state index is 12.3. The van der Waals surface area contributed by atoms with Gasteiger partial charge in [0.2, 0.25) is 5.91 Å². The van der Waals surface area contributed by atoms with E-state index in [1.54, 1.807) is 18.1 Å². The lowest BCUT2D eigenvalue weighted by molar-refractivity contribution is -0.128. The molecule has 1 aromatic heterocycles. The monoisotopic (exact) mass is 481 g/mol. The molecule has 2 N–H and O–H groups in total. The van der Waals surface area contributed by atoms with Gasteiger partial charge in [0.25, 0.3) is 0 Å². The largest absolute Gasteiger partial charge is 0.357 e. The van der Waals surface area contributed by atoms with E-state index in [1.807, 2.05) is 55.5 Å². The highest BCUT2D eigenvalue weighted by Gasteiger charge is 2.09. The lowest BCUT2D eigenvalue weighted by atomic mass is 10.2. The van der Waals surface area contributed by atoms with E-state index >= 15 is 0 Å². The van der Waals surface area contributed by atoms with Crippen LogP contribution in [0.5, 0.6) is 0 Å². The number of hydrogen-bond acceptors (Lipinski definition) is 3. The van der Waals surface area contributed by atoms with Crippen LogP contribution < -0.4 is 10.6 Å². The zero-order valence-corrected chi connectivity index (χ0v) is 18.2. The van der Waals surface area contributed by atoms with Crippen molar-refractivity contribution in [3.8, 4) is 0 Å². The van der Waals surface area contributed by atoms with Gasteiger partial charge in [0, 0.05) is 38.4 Å². The Morgan fingerprint density at radius 1 is 1.11 bits per heavy atom. The molecule has 1 amide bonds. The zero-order chi connectivity index (χ0) is 18.6. The summed E-state index contributed by atoms with van der Waals surface area (Å²) in [6.45, 7) is 4.15. The number of nitrogens with zero attached hydrogens (tertiary/aromatic N) is 3. The molecule has 6 nitrogen and oxygen atoms in total. The van der Waals surface area contributed by atoms with Gasteiger partial charge in [-0.2, -0.15) is 0 Å². The fraction of sp³-hybridized carbons (Fsp3) is 0.350. The summed E-state index contributed by atoms with van der Waals surface area (Å²) in [5.41, 5.74) is 2.11. The summed E-state index contributed by atoms with van der Waals surface area (Å²) >= 11 is 0. The van der Waals surface area contributed by atoms with Crippen molar-refractivity contribution in [2.24, 2.45) is 4.99 Å². The molecule has 1 aromatic carbocycles. The molecule has 0 fully saturated rings. The Labute approximate surface area is 178 Å². The van der Waals surface area contributed by atoms with Crippen LogP contribution in [0.4, 0.5) is 0 Å². The fourth-order valence-corrected chi connectivity index (χ4v) is 2.34. The molecule has 7 heteroatoms. The number of carbonyl (C=O) groups excluding carboxylic acids is 1. The van der Waals surface area contributed by atoms with E-state index < -0.39 is 0 Å². The number of likely N-dealkylation sites (N-methyl/N-ethyl adjacent to an activating group) is 1. The van der Waals surface area contributed by atoms with Crippen LogP contribution in [-0.4, -0.2) is 48.4 Å². The zero-order valence-electron chi connectivity index (χ0n) is 15.9. The van der Waals surface area contributed by atoms with E-state index in [4.69, 9.17) is 0 Å². The molecule has 0 radical (unpaired) electrons. The Morgan fingerprint density at radius 3 is 2.52 bits per heavy atom. The summed E-state index contributed by atoms with van der Waals surface area (Å²) in [6.07, 6.45) is 2.51. The highest BCUT2D eigenvalue weighted by atomic mass is 127. The van der Waals surface area contributed by atoms with Crippen LogP contribution >= 0.6 is 24.0 Å². The number of nitrogens with one attached hydrogen (secondary N) is 2. The molecule has 0 atom stereocenters. The molecule has 0 spiro atoms. The number of halogens is 1. The molecule has 2 rings (SSSR count). The first-order chi connectivity index (χ1) is 12.7. The molecule has 2 aromatic rings. The lowest BCUT2D eigenvalue weighted by Crippen LogP contribution is -2.44. The molecule has 0 unspecified atom stereocenters. The van der Waals surface area contributed by atoms with Gasteiger partial charge in [-0.15, -0.1) is 24.0 Å². The topological polar surface area (TPSA) is 69.6 Å². The number of rotatable bonds is 8. The van der Waals surface area contributed by atoms with Gasteiger partial charge in [-0.3, -0.25) is 9.78 Å². The van der Waals surface area contributed by atoms with Crippen LogP contribution in [0.15, 0.2) is 59.7 Å². The second kappa shape index (κ2) is 13.1. The Morgan fingerprint density at radius 2 is 1.85 bits per heavy atom. The summed E-state index contributed by atoms with van der Waals surface area (Å²) in [5, 5.41) is 6.26. The Kier molecular flexibility index (Phi) is 11.1. The minimum atomic E-state index is 0. The summed E-state index contributed by atoms with van der Waals surface area (Å²) in [7, 11) is 1.81. The van der Waals surface area contributed by atoms with Crippen LogP contribution in [0.1, 0.15) is 18.2 Å². The molecule has 1 heterocycles. The van der Waals surface area contributed by atoms with Gasteiger partial charge in [-0.1, -0.05) is 36.4 Å². The van der Waals surface area contributed by atoms with Crippen molar-refractivity contribution < 1.29 is 4.79 Å². The first-order valence-electron chi connectivity index (χ1n) is 8.89. The quantitative estimate of drug-likeness (QED) is 0.346. The van der Waals surface area contributed by atoms with Crippen LogP contribution in [0.3, 0.4) is 0 Å². The van der Waals surface area contributed by atoms with E-state index in [0.717, 1.165) is 24.2 Å². The van der Waals surface area contributed by atoms with Crippen molar-refractivity contribution in [2.45, 2.75) is 19.9 Å². The molecule has 0 saturated carbocycles. The molecular weight excluding hydrogens is 453 g/mol. The minimum absolute atomic E-state index is 0. The van der Waals surface area contributed by atoms with Crippen molar-refractivity contribution in [3.05, 3.63) is 66.0 Å². The average molecular weight is 481 g/mol. The number of aromatic nitrogens is 1. The Bertz CT molecular complexity index is 694. The highest BCUT2D eigenvalue weighted by Crippen LogP contribution is 2.00. The van der Waals surface area contributed by atoms with E-state index in [1.165, 1.54) is 0 Å². The van der Waals surface area contributed by atoms with Crippen LogP contribution in [0, 0.1) is 0 Å². The first-order valence-corrected chi connectivity index (χ1v) is 8.89. The van der Waals surface area contributed by atoms with Crippen LogP contribution in [0.25, 0.3) is 0 Å². The SMILES string of the molecule is CCNC(=NCc1ccccc1)NCC(=O)N(C)CCc1ccccn1.I. The summed E-state index contributed by atoms with van der Waals surface area (Å²) in [4.78, 5) is 22.8. The molecule has 0 bridgehead atoms. The van der Waals surface area contributed by atoms with Gasteiger partial charge >= 0.3 is 0 Å². The van der Waals surface area contributed by atoms with Crippen molar-refractivity contribution in [1.29, 1.82) is 0 Å². The number of hydrogen-bond donors (Lipinski definition) is 2. The number of pyridine rings is 1. The van der Waals surface area contributed by atoms with Gasteiger partial charge in [0.05, 0.1) is 13.1 Å². The van der Waals surface area contributed by atoms with Gasteiger partial charge < -0.3 is 15.5 Å². The van der Waals surface area contributed by atoms with Gasteiger partial charge in [0.1, 0.15) is 0 Å². The molecule has 0 aliphatic heterocycles. The first kappa shape index (κ1) is 22.9. The van der Waals surface area contributed by atoms with E-state index in [-0.39, 0.29) is 36.4 Å². The lowest BCUT2D eigenvalue weighted by Gasteiger charge is -2.18. The molecule has 0 aliphatic carbocycles. The van der Waals surface area contributed by atoms with Crippen molar-refractivity contribution in [1.82, 2.24) is 20.5 Å². The number of aliphatic imine (C=N–C) groups is 1. The second-order valence-electron chi connectivity index (χ2n) is 5.92. The summed E-state index contributed by atoms with van der Waals surface area (Å²) in [6, 6.07) is 15.8. The smallest absolute Gasteiger partial charge is 0.241 e. The van der Waals surface area contributed by atoms with Crippen molar-refractivity contribution in [3.63, 3.8) is 0 Å². The number of amides is 1. The average Bonchev–Trinajstić information content (AvgIpc) is 2.69. The van der Waals surface area contributed by atoms with E-state index in [2.05, 4.69) is 20.6 Å². The predicted octanol–water partition coefficient (Wildman–Crippen LogP) is 2.46. The summed E-state index contributed by atoms with van der Waals surface area (Å²) < 4.78 is 0. The number of guanidine groups is 1. The molecule has 27 heavy (non-hydrogen) atoms. The predicted molar refractivity (Wildman–Crippen MR) is 120 cm³/mol. The number of benzene rings is 1. The fourth-order valence-electron chi connectivity index (χ4n) is 2.34. The normalized spacial score (nSPS) is 10.7. The van der Waals surface area contributed by atoms with Gasteiger partial charge in [-0.05, 0) is 24.6 Å². The van der Waals surface area contributed by atoms with Crippen molar-refractivity contribution >= 4 is 35.8 Å². The Hall–Kier alpha value is -2.16. The summed E-state index contributed by atoms with van der Waals surface area (Å²) in [5.74, 6) is 0.661. The third kappa shape index (κ3) is 8.85. The Balaban J connectivity index is 0.00000364. The third-order valence-corrected chi connectivity index (χ3v) is 3.87. The maximum absolute atomic E-state index is 12.3. The second-order valence-corrected chi connectivity index (χ2v) is 5.92. The van der Waals surface area contributed by atoms with Crippen molar-refractivity contribution in [2.75, 3.05) is 26.7 Å². The van der Waals surface area contributed by atoms with Crippen LogP contribution in [-0.2, 0) is 17.8 Å². The van der Waals surface area contributed by atoms with Gasteiger partial charge in [-0.25, -0.2) is 4.99 Å². The highest BCUT2D eigenvalue weighted by molar-refractivity contribution is 14.0. The number of carbonyl (C=O) groups is 1. The maximum Gasteiger partial charge on any atom is 0.241 e. The van der Waals surface area contributed by atoms with Crippen LogP contribution in [0.2, 0.25) is 0 Å². The molecule has 146 valence electrons. The minimum Gasteiger partial charge on any atom is -0.357 e. The van der Waals surface area contributed by atoms with E-state index in [9.17, 15) is 4.79 Å². The molecule has 0 saturated heterocycles. The van der Waals surface area contributed by atoms with E-state index in [0.29, 0.717) is 19.0 Å². The molecular formula is C20H28IN5O.